The van der Waals surface area contributed by atoms with Crippen molar-refractivity contribution in [1.29, 1.82) is 0 Å². The van der Waals surface area contributed by atoms with E-state index in [2.05, 4.69) is 25.5 Å². The van der Waals surface area contributed by atoms with Gasteiger partial charge in [0.15, 0.2) is 11.6 Å². The smallest absolute Gasteiger partial charge is 0.291 e. The van der Waals surface area contributed by atoms with Crippen molar-refractivity contribution in [1.82, 2.24) is 20.4 Å². The number of halogens is 1. The van der Waals surface area contributed by atoms with Crippen LogP contribution in [0.3, 0.4) is 0 Å². The Balaban J connectivity index is 1.69. The van der Waals surface area contributed by atoms with E-state index in [-0.39, 0.29) is 11.4 Å². The Hall–Kier alpha value is -3.88. The van der Waals surface area contributed by atoms with Gasteiger partial charge in [-0.1, -0.05) is 6.07 Å². The second-order valence-corrected chi connectivity index (χ2v) is 5.70. The van der Waals surface area contributed by atoms with Gasteiger partial charge in [0.1, 0.15) is 5.69 Å². The number of carbonyl (C=O) groups is 1. The Bertz CT molecular complexity index is 1020. The molecule has 0 saturated heterocycles. The highest BCUT2D eigenvalue weighted by Gasteiger charge is 2.10. The molecule has 0 aliphatic rings. The van der Waals surface area contributed by atoms with E-state index in [0.29, 0.717) is 29.3 Å². The van der Waals surface area contributed by atoms with Gasteiger partial charge in [-0.3, -0.25) is 9.78 Å². The highest BCUT2D eigenvalue weighted by Crippen LogP contribution is 2.18. The van der Waals surface area contributed by atoms with Crippen molar-refractivity contribution >= 4 is 12.1 Å². The molecule has 0 aliphatic carbocycles. The molecular formula is C20H18FN5O3. The number of nitrogens with zero attached hydrogens (tertiary/aromatic N) is 4. The van der Waals surface area contributed by atoms with Gasteiger partial charge in [0.05, 0.1) is 38.0 Å². The van der Waals surface area contributed by atoms with Crippen LogP contribution in [0, 0.1) is 5.82 Å². The van der Waals surface area contributed by atoms with Crippen molar-refractivity contribution < 1.29 is 18.7 Å². The standard InChI is InChI=1S/C20H18FN5O3/c1-3-29-19-7-5-14(10-23-19)16-11-22-12-17(25-16)20(27)26-24-9-13-4-6-15(21)18(8-13)28-2/h4-12H,3H2,1-2H3,(H,26,27)/b24-9+. The minimum atomic E-state index is -0.538. The molecule has 3 rings (SSSR count). The lowest BCUT2D eigenvalue weighted by Gasteiger charge is -2.05. The second-order valence-electron chi connectivity index (χ2n) is 5.70. The van der Waals surface area contributed by atoms with Crippen LogP contribution in [0.5, 0.6) is 11.6 Å². The molecule has 0 unspecified atom stereocenters. The minimum Gasteiger partial charge on any atom is -0.494 e. The summed E-state index contributed by atoms with van der Waals surface area (Å²) in [6.07, 6.45) is 5.82. The summed E-state index contributed by atoms with van der Waals surface area (Å²) >= 11 is 0. The Morgan fingerprint density at radius 3 is 2.83 bits per heavy atom. The van der Waals surface area contributed by atoms with E-state index in [0.717, 1.165) is 0 Å². The highest BCUT2D eigenvalue weighted by molar-refractivity contribution is 5.93. The molecule has 1 aromatic carbocycles. The molecule has 148 valence electrons. The molecule has 0 saturated carbocycles. The van der Waals surface area contributed by atoms with Crippen LogP contribution in [0.1, 0.15) is 23.0 Å². The monoisotopic (exact) mass is 395 g/mol. The van der Waals surface area contributed by atoms with Crippen LogP contribution in [0.15, 0.2) is 54.0 Å². The van der Waals surface area contributed by atoms with Crippen molar-refractivity contribution in [2.75, 3.05) is 13.7 Å². The number of amides is 1. The SMILES string of the molecule is CCOc1ccc(-c2cncc(C(=O)N/N=C/c3ccc(F)c(OC)c3)n2)cn1. The maximum Gasteiger partial charge on any atom is 0.291 e. The summed E-state index contributed by atoms with van der Waals surface area (Å²) in [6.45, 7) is 2.39. The second kappa shape index (κ2) is 9.36. The molecule has 3 aromatic rings. The van der Waals surface area contributed by atoms with Crippen molar-refractivity contribution in [2.24, 2.45) is 5.10 Å². The number of pyridine rings is 1. The van der Waals surface area contributed by atoms with Gasteiger partial charge in [0.2, 0.25) is 5.88 Å². The Kier molecular flexibility index (Phi) is 6.41. The molecule has 0 atom stereocenters. The van der Waals surface area contributed by atoms with Crippen LogP contribution >= 0.6 is 0 Å². The predicted molar refractivity (Wildman–Crippen MR) is 104 cm³/mol. The molecule has 0 fully saturated rings. The number of methoxy groups -OCH3 is 1. The van der Waals surface area contributed by atoms with E-state index in [1.54, 1.807) is 18.3 Å². The highest BCUT2D eigenvalue weighted by atomic mass is 19.1. The summed E-state index contributed by atoms with van der Waals surface area (Å²) in [7, 11) is 1.37. The molecule has 29 heavy (non-hydrogen) atoms. The third kappa shape index (κ3) is 5.10. The van der Waals surface area contributed by atoms with Crippen molar-refractivity contribution in [2.45, 2.75) is 6.92 Å². The van der Waals surface area contributed by atoms with Gasteiger partial charge in [-0.15, -0.1) is 0 Å². The number of ether oxygens (including phenoxy) is 2. The Morgan fingerprint density at radius 1 is 1.24 bits per heavy atom. The van der Waals surface area contributed by atoms with Crippen molar-refractivity contribution in [3.63, 3.8) is 0 Å². The van der Waals surface area contributed by atoms with Crippen LogP contribution in [0.4, 0.5) is 4.39 Å². The maximum atomic E-state index is 13.4. The fourth-order valence-corrected chi connectivity index (χ4v) is 2.36. The molecule has 0 radical (unpaired) electrons. The Morgan fingerprint density at radius 2 is 2.10 bits per heavy atom. The number of aromatic nitrogens is 3. The van der Waals surface area contributed by atoms with E-state index in [1.165, 1.54) is 43.9 Å². The number of hydrogen-bond donors (Lipinski definition) is 1. The molecule has 0 aliphatic heterocycles. The van der Waals surface area contributed by atoms with Gasteiger partial charge in [0.25, 0.3) is 5.91 Å². The average Bonchev–Trinajstić information content (AvgIpc) is 2.75. The molecule has 8 nitrogen and oxygen atoms in total. The zero-order valence-corrected chi connectivity index (χ0v) is 15.8. The molecule has 2 aromatic heterocycles. The van der Waals surface area contributed by atoms with E-state index in [9.17, 15) is 9.18 Å². The average molecular weight is 395 g/mol. The predicted octanol–water partition coefficient (Wildman–Crippen LogP) is 2.85. The van der Waals surface area contributed by atoms with Crippen LogP contribution < -0.4 is 14.9 Å². The fourth-order valence-electron chi connectivity index (χ4n) is 2.36. The summed E-state index contributed by atoms with van der Waals surface area (Å²) in [5, 5.41) is 3.86. The summed E-state index contributed by atoms with van der Waals surface area (Å²) < 4.78 is 23.6. The van der Waals surface area contributed by atoms with Gasteiger partial charge < -0.3 is 9.47 Å². The third-order valence-corrected chi connectivity index (χ3v) is 3.75. The molecule has 9 heteroatoms. The first kappa shape index (κ1) is 19.9. The first-order valence-electron chi connectivity index (χ1n) is 8.69. The zero-order valence-electron chi connectivity index (χ0n) is 15.8. The van der Waals surface area contributed by atoms with Crippen LogP contribution in [-0.4, -0.2) is 40.8 Å². The molecule has 0 spiro atoms. The summed E-state index contributed by atoms with van der Waals surface area (Å²) in [4.78, 5) is 24.8. The fraction of sp³-hybridized carbons (Fsp3) is 0.150. The first-order chi connectivity index (χ1) is 14.1. The lowest BCUT2D eigenvalue weighted by atomic mass is 10.2. The zero-order chi connectivity index (χ0) is 20.6. The Labute approximate surface area is 166 Å². The summed E-state index contributed by atoms with van der Waals surface area (Å²) in [5.74, 6) is -0.430. The number of hydrogen-bond acceptors (Lipinski definition) is 7. The van der Waals surface area contributed by atoms with E-state index in [1.807, 2.05) is 6.92 Å². The van der Waals surface area contributed by atoms with Crippen LogP contribution in [0.25, 0.3) is 11.3 Å². The summed E-state index contributed by atoms with van der Waals surface area (Å²) in [5.41, 5.74) is 4.19. The molecular weight excluding hydrogens is 377 g/mol. The van der Waals surface area contributed by atoms with Crippen molar-refractivity contribution in [3.05, 3.63) is 66.0 Å². The lowest BCUT2D eigenvalue weighted by molar-refractivity contribution is 0.0950. The van der Waals surface area contributed by atoms with Crippen LogP contribution in [0.2, 0.25) is 0 Å². The molecule has 1 N–H and O–H groups in total. The van der Waals surface area contributed by atoms with E-state index >= 15 is 0 Å². The number of carbonyl (C=O) groups excluding carboxylic acids is 1. The van der Waals surface area contributed by atoms with Gasteiger partial charge in [-0.05, 0) is 30.7 Å². The van der Waals surface area contributed by atoms with E-state index < -0.39 is 11.7 Å². The first-order valence-corrected chi connectivity index (χ1v) is 8.69. The molecule has 1 amide bonds. The van der Waals surface area contributed by atoms with Gasteiger partial charge in [0, 0.05) is 17.8 Å². The van der Waals surface area contributed by atoms with Crippen LogP contribution in [-0.2, 0) is 0 Å². The number of rotatable bonds is 7. The van der Waals surface area contributed by atoms with Gasteiger partial charge in [-0.2, -0.15) is 5.10 Å². The minimum absolute atomic E-state index is 0.0859. The molecule has 0 bridgehead atoms. The topological polar surface area (TPSA) is 98.6 Å². The summed E-state index contributed by atoms with van der Waals surface area (Å²) in [6, 6.07) is 7.72. The molecule has 2 heterocycles. The normalized spacial score (nSPS) is 10.7. The number of nitrogens with one attached hydrogen (secondary N) is 1. The van der Waals surface area contributed by atoms with Gasteiger partial charge >= 0.3 is 0 Å². The number of benzene rings is 1. The largest absolute Gasteiger partial charge is 0.494 e. The quantitative estimate of drug-likeness (QED) is 0.488. The third-order valence-electron chi connectivity index (χ3n) is 3.75. The van der Waals surface area contributed by atoms with E-state index in [4.69, 9.17) is 9.47 Å². The van der Waals surface area contributed by atoms with Gasteiger partial charge in [-0.25, -0.2) is 19.8 Å². The lowest BCUT2D eigenvalue weighted by Crippen LogP contribution is -2.19. The maximum absolute atomic E-state index is 13.4. The number of hydrazone groups is 1. The van der Waals surface area contributed by atoms with Crippen molar-refractivity contribution in [3.8, 4) is 22.9 Å².